The molecule has 5 rings (SSSR count). The van der Waals surface area contributed by atoms with Crippen molar-refractivity contribution in [3.05, 3.63) is 71.6 Å². The molecule has 1 fully saturated rings. The van der Waals surface area contributed by atoms with E-state index in [1.807, 2.05) is 18.2 Å². The van der Waals surface area contributed by atoms with Crippen LogP contribution in [-0.2, 0) is 0 Å². The summed E-state index contributed by atoms with van der Waals surface area (Å²) in [5, 5.41) is 2.29. The number of halogens is 1. The third-order valence-corrected chi connectivity index (χ3v) is 6.15. The van der Waals surface area contributed by atoms with Gasteiger partial charge in [-0.2, -0.15) is 5.01 Å². The molecule has 3 aliphatic rings. The highest BCUT2D eigenvalue weighted by molar-refractivity contribution is 5.67. The first kappa shape index (κ1) is 17.7. The van der Waals surface area contributed by atoms with Crippen molar-refractivity contribution in [2.45, 2.75) is 38.0 Å². The smallest absolute Gasteiger partial charge is 0.182 e. The predicted octanol–water partition coefficient (Wildman–Crippen LogP) is 4.32. The molecule has 0 bridgehead atoms. The van der Waals surface area contributed by atoms with Crippen LogP contribution in [-0.4, -0.2) is 35.3 Å². The van der Waals surface area contributed by atoms with Crippen LogP contribution in [0.25, 0.3) is 5.70 Å². The Morgan fingerprint density at radius 3 is 2.61 bits per heavy atom. The Labute approximate surface area is 165 Å². The summed E-state index contributed by atoms with van der Waals surface area (Å²) in [7, 11) is 0. The summed E-state index contributed by atoms with van der Waals surface area (Å²) < 4.78 is 20.0. The first-order valence-electron chi connectivity index (χ1n) is 10.2. The Hall–Kier alpha value is -2.37. The zero-order chi connectivity index (χ0) is 19.1. The quantitative estimate of drug-likeness (QED) is 0.859. The van der Waals surface area contributed by atoms with Gasteiger partial charge in [-0.1, -0.05) is 25.1 Å². The van der Waals surface area contributed by atoms with Crippen LogP contribution in [0.2, 0.25) is 0 Å². The minimum Gasteiger partial charge on any atom is -0.470 e. The molecule has 0 aromatic heterocycles. The van der Waals surface area contributed by atoms with Crippen molar-refractivity contribution >= 4 is 5.70 Å². The molecule has 2 aromatic rings. The summed E-state index contributed by atoms with van der Waals surface area (Å²) in [5.41, 5.74) is 6.43. The molecule has 1 atom stereocenters. The average molecular weight is 379 g/mol. The molecule has 146 valence electrons. The minimum atomic E-state index is -0.360. The van der Waals surface area contributed by atoms with E-state index < -0.39 is 0 Å². The molecule has 5 heteroatoms. The Bertz CT molecular complexity index is 887. The topological polar surface area (TPSA) is 27.7 Å². The van der Waals surface area contributed by atoms with Crippen LogP contribution in [0, 0.1) is 5.82 Å². The van der Waals surface area contributed by atoms with Crippen molar-refractivity contribution in [1.29, 1.82) is 0 Å². The van der Waals surface area contributed by atoms with Gasteiger partial charge in [-0.3, -0.25) is 0 Å². The third-order valence-electron chi connectivity index (χ3n) is 6.15. The van der Waals surface area contributed by atoms with Crippen LogP contribution in [0.3, 0.4) is 0 Å². The van der Waals surface area contributed by atoms with Crippen molar-refractivity contribution in [3.8, 4) is 5.75 Å². The SMILES string of the molecule is CCCN1CCC2(CC1)Oc1ccccc1[C@H]1C=C(c3ccc(F)cc3)NN12. The molecule has 0 saturated carbocycles. The van der Waals surface area contributed by atoms with Crippen LogP contribution in [0.1, 0.15) is 43.4 Å². The Kier molecular flexibility index (Phi) is 4.37. The van der Waals surface area contributed by atoms with Gasteiger partial charge in [0.1, 0.15) is 11.6 Å². The van der Waals surface area contributed by atoms with Gasteiger partial charge >= 0.3 is 0 Å². The molecule has 1 saturated heterocycles. The van der Waals surface area contributed by atoms with E-state index in [0.29, 0.717) is 0 Å². The maximum absolute atomic E-state index is 13.4. The number of piperidine rings is 1. The van der Waals surface area contributed by atoms with Crippen LogP contribution in [0.4, 0.5) is 4.39 Å². The zero-order valence-corrected chi connectivity index (χ0v) is 16.2. The van der Waals surface area contributed by atoms with Gasteiger partial charge in [-0.05, 0) is 54.9 Å². The molecule has 0 aliphatic carbocycles. The highest BCUT2D eigenvalue weighted by Crippen LogP contribution is 2.48. The van der Waals surface area contributed by atoms with Crippen molar-refractivity contribution in [2.24, 2.45) is 0 Å². The summed E-state index contributed by atoms with van der Waals surface area (Å²) in [5.74, 6) is 0.764. The molecule has 0 unspecified atom stereocenters. The molecule has 1 spiro atoms. The lowest BCUT2D eigenvalue weighted by atomic mass is 9.92. The van der Waals surface area contributed by atoms with Crippen molar-refractivity contribution < 1.29 is 9.13 Å². The lowest BCUT2D eigenvalue weighted by Gasteiger charge is -2.51. The molecule has 3 heterocycles. The van der Waals surface area contributed by atoms with E-state index in [0.717, 1.165) is 49.5 Å². The first-order valence-corrected chi connectivity index (χ1v) is 10.2. The fourth-order valence-electron chi connectivity index (χ4n) is 4.70. The monoisotopic (exact) mass is 379 g/mol. The van der Waals surface area contributed by atoms with Crippen molar-refractivity contribution in [3.63, 3.8) is 0 Å². The summed E-state index contributed by atoms with van der Waals surface area (Å²) in [6, 6.07) is 15.1. The Balaban J connectivity index is 1.49. The third kappa shape index (κ3) is 2.90. The first-order chi connectivity index (χ1) is 13.7. The molecule has 1 N–H and O–H groups in total. The molecule has 4 nitrogen and oxygen atoms in total. The van der Waals surface area contributed by atoms with Gasteiger partial charge in [-0.15, -0.1) is 0 Å². The number of nitrogens with one attached hydrogen (secondary N) is 1. The number of ether oxygens (including phenoxy) is 1. The van der Waals surface area contributed by atoms with Crippen LogP contribution >= 0.6 is 0 Å². The average Bonchev–Trinajstić information content (AvgIpc) is 3.17. The van der Waals surface area contributed by atoms with E-state index in [1.165, 1.54) is 24.1 Å². The number of hydrazine groups is 1. The maximum atomic E-state index is 13.4. The summed E-state index contributed by atoms with van der Waals surface area (Å²) in [4.78, 5) is 2.52. The second-order valence-corrected chi connectivity index (χ2v) is 7.94. The van der Waals surface area contributed by atoms with E-state index in [-0.39, 0.29) is 17.6 Å². The lowest BCUT2D eigenvalue weighted by molar-refractivity contribution is -0.159. The van der Waals surface area contributed by atoms with Gasteiger partial charge in [0.05, 0.1) is 11.7 Å². The molecule has 3 aliphatic heterocycles. The predicted molar refractivity (Wildman–Crippen MR) is 108 cm³/mol. The highest BCUT2D eigenvalue weighted by Gasteiger charge is 2.51. The number of rotatable bonds is 3. The largest absolute Gasteiger partial charge is 0.470 e. The van der Waals surface area contributed by atoms with Gasteiger partial charge in [0.25, 0.3) is 0 Å². The fourth-order valence-corrected chi connectivity index (χ4v) is 4.70. The molecular formula is C23H26FN3O. The van der Waals surface area contributed by atoms with Gasteiger partial charge in [0.2, 0.25) is 0 Å². The number of fused-ring (bicyclic) bond motifs is 4. The molecular weight excluding hydrogens is 353 g/mol. The van der Waals surface area contributed by atoms with Crippen LogP contribution in [0.5, 0.6) is 5.75 Å². The van der Waals surface area contributed by atoms with Crippen LogP contribution in [0.15, 0.2) is 54.6 Å². The minimum absolute atomic E-state index is 0.114. The van der Waals surface area contributed by atoms with Crippen molar-refractivity contribution in [1.82, 2.24) is 15.3 Å². The standard InChI is InChI=1S/C23H26FN3O/c1-2-13-26-14-11-23(12-15-26)27-21(19-5-3-4-6-22(19)28-23)16-20(25-27)17-7-9-18(24)10-8-17/h3-10,16,21,25H,2,11-15H2,1H3/t21-/m1/s1. The van der Waals surface area contributed by atoms with Gasteiger partial charge in [0, 0.05) is 31.5 Å². The van der Waals surface area contributed by atoms with E-state index in [2.05, 4.69) is 46.5 Å². The lowest BCUT2D eigenvalue weighted by Crippen LogP contribution is -2.63. The Morgan fingerprint density at radius 1 is 1.11 bits per heavy atom. The van der Waals surface area contributed by atoms with E-state index in [9.17, 15) is 4.39 Å². The number of hydrogen-bond acceptors (Lipinski definition) is 4. The maximum Gasteiger partial charge on any atom is 0.182 e. The van der Waals surface area contributed by atoms with E-state index in [4.69, 9.17) is 4.74 Å². The number of hydrogen-bond donors (Lipinski definition) is 1. The fraction of sp³-hybridized carbons (Fsp3) is 0.391. The van der Waals surface area contributed by atoms with Gasteiger partial charge in [0.15, 0.2) is 5.72 Å². The molecule has 2 aromatic carbocycles. The highest BCUT2D eigenvalue weighted by atomic mass is 19.1. The molecule has 28 heavy (non-hydrogen) atoms. The zero-order valence-electron chi connectivity index (χ0n) is 16.2. The molecule has 0 amide bonds. The van der Waals surface area contributed by atoms with Gasteiger partial charge in [-0.25, -0.2) is 4.39 Å². The summed E-state index contributed by atoms with van der Waals surface area (Å²) >= 11 is 0. The molecule has 0 radical (unpaired) electrons. The van der Waals surface area contributed by atoms with E-state index in [1.54, 1.807) is 0 Å². The van der Waals surface area contributed by atoms with Crippen molar-refractivity contribution in [2.75, 3.05) is 19.6 Å². The number of likely N-dealkylation sites (tertiary alicyclic amines) is 1. The second-order valence-electron chi connectivity index (χ2n) is 7.94. The normalized spacial score (nSPS) is 23.5. The van der Waals surface area contributed by atoms with Gasteiger partial charge < -0.3 is 15.1 Å². The summed E-state index contributed by atoms with van der Waals surface area (Å²) in [6.07, 6.45) is 5.33. The Morgan fingerprint density at radius 2 is 1.86 bits per heavy atom. The second kappa shape index (κ2) is 6.90. The van der Waals surface area contributed by atoms with E-state index >= 15 is 0 Å². The number of para-hydroxylation sites is 1. The number of benzene rings is 2. The summed E-state index contributed by atoms with van der Waals surface area (Å²) in [6.45, 7) is 5.44. The van der Waals surface area contributed by atoms with Crippen LogP contribution < -0.4 is 10.2 Å². The number of nitrogens with zero attached hydrogens (tertiary/aromatic N) is 2.